The molecule has 0 heterocycles. The second-order valence-electron chi connectivity index (χ2n) is 6.43. The maximum Gasteiger partial charge on any atom is 0.317 e. The van der Waals surface area contributed by atoms with E-state index >= 15 is 0 Å². The van der Waals surface area contributed by atoms with Crippen LogP contribution in [-0.4, -0.2) is 47.1 Å². The van der Waals surface area contributed by atoms with Gasteiger partial charge >= 0.3 is 5.97 Å². The number of amides is 1. The zero-order valence-corrected chi connectivity index (χ0v) is 12.6. The molecule has 0 spiro atoms. The molecule has 0 aliphatic heterocycles. The van der Waals surface area contributed by atoms with Gasteiger partial charge in [0.1, 0.15) is 0 Å². The number of nitrogens with one attached hydrogen (secondary N) is 1. The number of hydrogen-bond donors (Lipinski definition) is 2. The van der Waals surface area contributed by atoms with Crippen LogP contribution in [0.3, 0.4) is 0 Å². The third-order valence-electron chi connectivity index (χ3n) is 4.53. The first-order valence-electron chi connectivity index (χ1n) is 7.93. The zero-order chi connectivity index (χ0) is 15.5. The Bertz CT molecular complexity index is 536. The van der Waals surface area contributed by atoms with Crippen LogP contribution in [0.2, 0.25) is 0 Å². The molecule has 3 rings (SSSR count). The van der Waals surface area contributed by atoms with E-state index in [0.717, 1.165) is 19.4 Å². The minimum absolute atomic E-state index is 0.0453. The Balaban J connectivity index is 1.47. The third kappa shape index (κ3) is 3.85. The summed E-state index contributed by atoms with van der Waals surface area (Å²) in [5.41, 5.74) is 0.673. The van der Waals surface area contributed by atoms with Crippen molar-refractivity contribution in [1.29, 1.82) is 0 Å². The molecule has 2 aliphatic carbocycles. The van der Waals surface area contributed by atoms with Crippen LogP contribution in [0, 0.1) is 5.92 Å². The number of carbonyl (C=O) groups excluding carboxylic acids is 1. The standard InChI is InChI=1S/C17H22N2O3/c20-16(21)11-19(10-12-6-7-12)15-8-14(9-15)18-17(22)13-4-2-1-3-5-13/h1-5,12,14-15H,6-11H2,(H,18,22)(H,20,21). The highest BCUT2D eigenvalue weighted by atomic mass is 16.4. The van der Waals surface area contributed by atoms with Crippen molar-refractivity contribution in [2.24, 2.45) is 5.92 Å². The Labute approximate surface area is 130 Å². The van der Waals surface area contributed by atoms with Crippen molar-refractivity contribution in [1.82, 2.24) is 10.2 Å². The number of benzene rings is 1. The molecule has 118 valence electrons. The fourth-order valence-corrected chi connectivity index (χ4v) is 3.01. The van der Waals surface area contributed by atoms with Crippen molar-refractivity contribution in [3.05, 3.63) is 35.9 Å². The average molecular weight is 302 g/mol. The van der Waals surface area contributed by atoms with Crippen molar-refractivity contribution in [2.45, 2.75) is 37.8 Å². The SMILES string of the molecule is O=C(O)CN(CC1CC1)C1CC(NC(=O)c2ccccc2)C1. The number of hydrogen-bond acceptors (Lipinski definition) is 3. The Morgan fingerprint density at radius 1 is 1.18 bits per heavy atom. The lowest BCUT2D eigenvalue weighted by Gasteiger charge is -2.42. The first-order chi connectivity index (χ1) is 10.6. The summed E-state index contributed by atoms with van der Waals surface area (Å²) in [5, 5.41) is 12.1. The van der Waals surface area contributed by atoms with E-state index in [0.29, 0.717) is 11.5 Å². The fraction of sp³-hybridized carbons (Fsp3) is 0.529. The molecule has 0 saturated heterocycles. The Morgan fingerprint density at radius 3 is 2.45 bits per heavy atom. The summed E-state index contributed by atoms with van der Waals surface area (Å²) in [5.74, 6) is -0.134. The van der Waals surface area contributed by atoms with E-state index < -0.39 is 5.97 Å². The van der Waals surface area contributed by atoms with E-state index in [4.69, 9.17) is 5.11 Å². The summed E-state index contributed by atoms with van der Waals surface area (Å²) < 4.78 is 0. The molecule has 0 radical (unpaired) electrons. The van der Waals surface area contributed by atoms with Crippen LogP contribution in [0.5, 0.6) is 0 Å². The highest BCUT2D eigenvalue weighted by Gasteiger charge is 2.37. The first-order valence-corrected chi connectivity index (χ1v) is 7.93. The molecule has 2 N–H and O–H groups in total. The van der Waals surface area contributed by atoms with E-state index in [9.17, 15) is 9.59 Å². The molecule has 1 aromatic carbocycles. The summed E-state index contributed by atoms with van der Waals surface area (Å²) in [4.78, 5) is 25.1. The molecular weight excluding hydrogens is 280 g/mol. The monoisotopic (exact) mass is 302 g/mol. The maximum atomic E-state index is 12.1. The molecule has 5 nitrogen and oxygen atoms in total. The molecule has 1 aromatic rings. The van der Waals surface area contributed by atoms with Gasteiger partial charge in [-0.2, -0.15) is 0 Å². The second-order valence-corrected chi connectivity index (χ2v) is 6.43. The predicted octanol–water partition coefficient (Wildman–Crippen LogP) is 1.74. The van der Waals surface area contributed by atoms with Gasteiger partial charge in [0.25, 0.3) is 5.91 Å². The van der Waals surface area contributed by atoms with Crippen LogP contribution in [0.25, 0.3) is 0 Å². The lowest BCUT2D eigenvalue weighted by Crippen LogP contribution is -2.55. The van der Waals surface area contributed by atoms with Crippen molar-refractivity contribution in [3.63, 3.8) is 0 Å². The quantitative estimate of drug-likeness (QED) is 0.805. The summed E-state index contributed by atoms with van der Waals surface area (Å²) in [6.07, 6.45) is 4.13. The van der Waals surface area contributed by atoms with Gasteiger partial charge in [0.2, 0.25) is 0 Å². The van der Waals surface area contributed by atoms with E-state index in [1.165, 1.54) is 12.8 Å². The lowest BCUT2D eigenvalue weighted by atomic mass is 9.85. The first kappa shape index (κ1) is 15.0. The van der Waals surface area contributed by atoms with E-state index in [2.05, 4.69) is 10.2 Å². The lowest BCUT2D eigenvalue weighted by molar-refractivity contribution is -0.139. The van der Waals surface area contributed by atoms with Crippen LogP contribution in [-0.2, 0) is 4.79 Å². The topological polar surface area (TPSA) is 69.6 Å². The molecule has 0 atom stereocenters. The van der Waals surface area contributed by atoms with Gasteiger partial charge in [-0.1, -0.05) is 18.2 Å². The third-order valence-corrected chi connectivity index (χ3v) is 4.53. The molecule has 2 aliphatic rings. The van der Waals surface area contributed by atoms with Gasteiger partial charge in [0, 0.05) is 24.2 Å². The Hall–Kier alpha value is -1.88. The minimum Gasteiger partial charge on any atom is -0.480 e. The van der Waals surface area contributed by atoms with Crippen LogP contribution in [0.4, 0.5) is 0 Å². The number of carbonyl (C=O) groups is 2. The largest absolute Gasteiger partial charge is 0.480 e. The summed E-state index contributed by atoms with van der Waals surface area (Å²) in [6, 6.07) is 9.64. The molecule has 0 unspecified atom stereocenters. The maximum absolute atomic E-state index is 12.1. The second kappa shape index (κ2) is 6.48. The van der Waals surface area contributed by atoms with E-state index in [1.807, 2.05) is 18.2 Å². The van der Waals surface area contributed by atoms with Crippen LogP contribution in [0.15, 0.2) is 30.3 Å². The van der Waals surface area contributed by atoms with Gasteiger partial charge < -0.3 is 10.4 Å². The number of nitrogens with zero attached hydrogens (tertiary/aromatic N) is 1. The van der Waals surface area contributed by atoms with Crippen molar-refractivity contribution in [2.75, 3.05) is 13.1 Å². The Morgan fingerprint density at radius 2 is 1.86 bits per heavy atom. The van der Waals surface area contributed by atoms with Crippen LogP contribution < -0.4 is 5.32 Å². The molecule has 0 bridgehead atoms. The molecular formula is C17H22N2O3. The number of carboxylic acid groups (broad SMARTS) is 1. The van der Waals surface area contributed by atoms with Gasteiger partial charge in [-0.3, -0.25) is 14.5 Å². The van der Waals surface area contributed by atoms with Crippen molar-refractivity contribution < 1.29 is 14.7 Å². The summed E-state index contributed by atoms with van der Waals surface area (Å²) in [6.45, 7) is 0.997. The van der Waals surface area contributed by atoms with Crippen LogP contribution in [0.1, 0.15) is 36.0 Å². The summed E-state index contributed by atoms with van der Waals surface area (Å²) >= 11 is 0. The van der Waals surface area contributed by atoms with E-state index in [-0.39, 0.29) is 24.5 Å². The van der Waals surface area contributed by atoms with Crippen LogP contribution >= 0.6 is 0 Å². The van der Waals surface area contributed by atoms with Gasteiger partial charge in [-0.05, 0) is 43.7 Å². The highest BCUT2D eigenvalue weighted by Crippen LogP contribution is 2.33. The highest BCUT2D eigenvalue weighted by molar-refractivity contribution is 5.94. The normalized spacial score (nSPS) is 23.9. The smallest absolute Gasteiger partial charge is 0.317 e. The number of carboxylic acids is 1. The molecule has 0 aromatic heterocycles. The predicted molar refractivity (Wildman–Crippen MR) is 82.7 cm³/mol. The Kier molecular flexibility index (Phi) is 4.43. The number of aliphatic carboxylic acids is 1. The molecule has 5 heteroatoms. The molecule has 2 fully saturated rings. The average Bonchev–Trinajstić information content (AvgIpc) is 3.26. The minimum atomic E-state index is -0.766. The number of rotatable bonds is 7. The van der Waals surface area contributed by atoms with Gasteiger partial charge in [-0.25, -0.2) is 0 Å². The van der Waals surface area contributed by atoms with Gasteiger partial charge in [-0.15, -0.1) is 0 Å². The molecule has 2 saturated carbocycles. The van der Waals surface area contributed by atoms with Gasteiger partial charge in [0.15, 0.2) is 0 Å². The molecule has 1 amide bonds. The zero-order valence-electron chi connectivity index (χ0n) is 12.6. The van der Waals surface area contributed by atoms with Crippen molar-refractivity contribution >= 4 is 11.9 Å². The molecule has 22 heavy (non-hydrogen) atoms. The van der Waals surface area contributed by atoms with E-state index in [1.54, 1.807) is 12.1 Å². The fourth-order valence-electron chi connectivity index (χ4n) is 3.01. The van der Waals surface area contributed by atoms with Crippen molar-refractivity contribution in [3.8, 4) is 0 Å². The van der Waals surface area contributed by atoms with Gasteiger partial charge in [0.05, 0.1) is 6.54 Å². The summed E-state index contributed by atoms with van der Waals surface area (Å²) in [7, 11) is 0.